The molecule has 178 valence electrons. The summed E-state index contributed by atoms with van der Waals surface area (Å²) in [5.41, 5.74) is 5.11. The fourth-order valence-corrected chi connectivity index (χ4v) is 4.59. The van der Waals surface area contributed by atoms with Gasteiger partial charge in [-0.15, -0.1) is 0 Å². The van der Waals surface area contributed by atoms with Crippen LogP contribution in [0.25, 0.3) is 0 Å². The zero-order chi connectivity index (χ0) is 24.9. The number of non-ortho nitro benzene ring substituents is 1. The number of nitro groups is 2. The molecule has 14 nitrogen and oxygen atoms in total. The molecule has 0 fully saturated rings. The third kappa shape index (κ3) is 6.07. The largest absolute Gasteiger partial charge is 0.481 e. The maximum Gasteiger partial charge on any atom is 0.311 e. The summed E-state index contributed by atoms with van der Waals surface area (Å²) in [6.45, 7) is 1.67. The van der Waals surface area contributed by atoms with E-state index in [-0.39, 0.29) is 23.4 Å². The van der Waals surface area contributed by atoms with Crippen LogP contribution in [-0.2, 0) is 14.9 Å². The number of hydrogen-bond donors (Lipinski definition) is 4. The van der Waals surface area contributed by atoms with E-state index >= 15 is 0 Å². The van der Waals surface area contributed by atoms with Gasteiger partial charge in [0.15, 0.2) is 0 Å². The number of fused-ring (bicyclic) bond motifs is 1. The predicted octanol–water partition coefficient (Wildman–Crippen LogP) is 2.01. The summed E-state index contributed by atoms with van der Waals surface area (Å²) in [4.78, 5) is 30.9. The Hall–Kier alpha value is -3.47. The molecular weight excluding hydrogens is 482 g/mol. The van der Waals surface area contributed by atoms with Crippen LogP contribution in [0.15, 0.2) is 52.9 Å². The molecule has 0 aromatic heterocycles. The monoisotopic (exact) mass is 501 g/mol. The minimum atomic E-state index is -4.16. The molecular formula is C17H19N5O9S2. The summed E-state index contributed by atoms with van der Waals surface area (Å²) in [7, 11) is -4.16. The number of carboxylic acids is 1. The van der Waals surface area contributed by atoms with Gasteiger partial charge in [-0.05, 0) is 37.6 Å². The van der Waals surface area contributed by atoms with Gasteiger partial charge in [-0.3, -0.25) is 33.9 Å². The van der Waals surface area contributed by atoms with Crippen molar-refractivity contribution in [3.8, 4) is 0 Å². The number of nitrogens with zero attached hydrogens (tertiary/aromatic N) is 3. The molecule has 0 saturated heterocycles. The lowest BCUT2D eigenvalue weighted by atomic mass is 9.94. The number of rotatable bonds is 7. The molecule has 16 heteroatoms. The highest BCUT2D eigenvalue weighted by atomic mass is 32.2. The van der Waals surface area contributed by atoms with Crippen molar-refractivity contribution in [3.63, 3.8) is 0 Å². The van der Waals surface area contributed by atoms with Gasteiger partial charge in [0.25, 0.3) is 21.5 Å². The normalized spacial score (nSPS) is 15.6. The summed E-state index contributed by atoms with van der Waals surface area (Å²) < 4.78 is 35.7. The minimum absolute atomic E-state index is 0.00792. The topological polar surface area (TPSA) is 219 Å². The van der Waals surface area contributed by atoms with Crippen molar-refractivity contribution in [1.29, 1.82) is 0 Å². The van der Waals surface area contributed by atoms with Gasteiger partial charge in [0.2, 0.25) is 0 Å². The van der Waals surface area contributed by atoms with Crippen molar-refractivity contribution in [2.45, 2.75) is 19.3 Å². The average molecular weight is 501 g/mol. The van der Waals surface area contributed by atoms with Crippen LogP contribution in [0, 0.1) is 20.2 Å². The maximum absolute atomic E-state index is 11.1. The standard InChI is InChI=1S/C10H11N3O6.C7H8N2O3S2/c11-4-3-8(10(14)15)7-2-1-6(12(16)17)5-9(7)13(18)19;1-5-2-3-9-6(4-8-13-9)7(5)14(10,11)12/h1-2,5,8H,3-4,11H2,(H,14,15);2-4,8H,1H3,(H,10,11,12). The zero-order valence-corrected chi connectivity index (χ0v) is 18.6. The number of aliphatic carboxylic acids is 1. The summed E-state index contributed by atoms with van der Waals surface area (Å²) in [5.74, 6) is -2.42. The highest BCUT2D eigenvalue weighted by Gasteiger charge is 2.31. The smallest absolute Gasteiger partial charge is 0.311 e. The van der Waals surface area contributed by atoms with Gasteiger partial charge < -0.3 is 15.6 Å². The van der Waals surface area contributed by atoms with Crippen molar-refractivity contribution < 1.29 is 32.7 Å². The van der Waals surface area contributed by atoms with E-state index in [1.54, 1.807) is 29.7 Å². The summed E-state index contributed by atoms with van der Waals surface area (Å²) in [6, 6.07) is 2.88. The van der Waals surface area contributed by atoms with E-state index in [9.17, 15) is 33.4 Å². The van der Waals surface area contributed by atoms with Gasteiger partial charge in [0.1, 0.15) is 4.91 Å². The summed E-state index contributed by atoms with van der Waals surface area (Å²) in [5, 5.41) is 30.5. The van der Waals surface area contributed by atoms with Crippen molar-refractivity contribution in [1.82, 2.24) is 9.03 Å². The van der Waals surface area contributed by atoms with E-state index in [1.807, 2.05) is 0 Å². The molecule has 1 aromatic rings. The number of carboxylic acid groups (broad SMARTS) is 1. The second kappa shape index (κ2) is 10.4. The number of carbonyl (C=O) groups is 1. The first-order valence-electron chi connectivity index (χ1n) is 9.03. The Morgan fingerprint density at radius 1 is 1.30 bits per heavy atom. The lowest BCUT2D eigenvalue weighted by molar-refractivity contribution is -0.394. The molecule has 3 rings (SSSR count). The van der Waals surface area contributed by atoms with E-state index in [0.29, 0.717) is 11.3 Å². The van der Waals surface area contributed by atoms with Crippen LogP contribution < -0.4 is 10.5 Å². The molecule has 0 amide bonds. The van der Waals surface area contributed by atoms with E-state index in [4.69, 9.17) is 15.4 Å². The molecule has 2 heterocycles. The Morgan fingerprint density at radius 3 is 2.48 bits per heavy atom. The predicted molar refractivity (Wildman–Crippen MR) is 118 cm³/mol. The number of nitrogens with one attached hydrogen (secondary N) is 1. The second-order valence-corrected chi connectivity index (χ2v) is 8.76. The van der Waals surface area contributed by atoms with E-state index in [1.165, 1.54) is 12.1 Å². The quantitative estimate of drug-likeness (QED) is 0.182. The Morgan fingerprint density at radius 2 is 1.97 bits per heavy atom. The van der Waals surface area contributed by atoms with Crippen LogP contribution in [0.2, 0.25) is 0 Å². The van der Waals surface area contributed by atoms with Crippen LogP contribution in [-0.4, -0.2) is 44.7 Å². The molecule has 2 aliphatic rings. The van der Waals surface area contributed by atoms with Crippen molar-refractivity contribution in [2.75, 3.05) is 6.54 Å². The highest BCUT2D eigenvalue weighted by Crippen LogP contribution is 2.35. The fraction of sp³-hybridized carbons (Fsp3) is 0.235. The molecule has 1 atom stereocenters. The van der Waals surface area contributed by atoms with Crippen molar-refractivity contribution >= 4 is 39.6 Å². The van der Waals surface area contributed by atoms with Gasteiger partial charge in [-0.2, -0.15) is 8.42 Å². The molecule has 2 aliphatic heterocycles. The van der Waals surface area contributed by atoms with E-state index < -0.39 is 43.2 Å². The fourth-order valence-electron chi connectivity index (χ4n) is 3.00. The Labute approximate surface area is 191 Å². The summed E-state index contributed by atoms with van der Waals surface area (Å²) in [6.07, 6.45) is 4.93. The minimum Gasteiger partial charge on any atom is -0.481 e. The van der Waals surface area contributed by atoms with Crippen LogP contribution in [0.3, 0.4) is 0 Å². The van der Waals surface area contributed by atoms with Crippen molar-refractivity contribution in [3.05, 3.63) is 78.6 Å². The van der Waals surface area contributed by atoms with Crippen molar-refractivity contribution in [2.24, 2.45) is 5.73 Å². The lowest BCUT2D eigenvalue weighted by Crippen LogP contribution is -2.17. The Balaban J connectivity index is 0.000000243. The zero-order valence-electron chi connectivity index (χ0n) is 16.9. The first-order valence-corrected chi connectivity index (χ1v) is 11.2. The molecule has 0 radical (unpaired) electrons. The maximum atomic E-state index is 11.1. The SMILES string of the molecule is CC1=C(S(=O)(=O)O)C2=CNSN2C=C1.NCCC(C(=O)O)c1ccc([N+](=O)[O-])cc1[N+](=O)[O-]. The van der Waals surface area contributed by atoms with E-state index in [2.05, 4.69) is 4.72 Å². The van der Waals surface area contributed by atoms with E-state index in [0.717, 1.165) is 18.2 Å². The third-order valence-electron chi connectivity index (χ3n) is 4.44. The molecule has 0 aliphatic carbocycles. The van der Waals surface area contributed by atoms with Crippen LogP contribution in [0.4, 0.5) is 11.4 Å². The number of nitro benzene ring substituents is 2. The first-order chi connectivity index (χ1) is 15.4. The van der Waals surface area contributed by atoms with Gasteiger partial charge in [0.05, 0.1) is 39.7 Å². The number of nitrogens with two attached hydrogens (primary N) is 1. The van der Waals surface area contributed by atoms with Gasteiger partial charge in [-0.25, -0.2) is 0 Å². The first kappa shape index (κ1) is 25.8. The number of allylic oxidation sites excluding steroid dienone is 2. The molecule has 0 saturated carbocycles. The van der Waals surface area contributed by atoms with Crippen LogP contribution in [0.1, 0.15) is 24.8 Å². The molecule has 5 N–H and O–H groups in total. The van der Waals surface area contributed by atoms with Gasteiger partial charge in [0, 0.05) is 24.0 Å². The van der Waals surface area contributed by atoms with Gasteiger partial charge >= 0.3 is 5.97 Å². The average Bonchev–Trinajstić information content (AvgIpc) is 3.19. The molecule has 1 aromatic carbocycles. The highest BCUT2D eigenvalue weighted by molar-refractivity contribution is 7.95. The third-order valence-corrected chi connectivity index (χ3v) is 6.23. The molecule has 1 unspecified atom stereocenters. The molecule has 33 heavy (non-hydrogen) atoms. The summed E-state index contributed by atoms with van der Waals surface area (Å²) >= 11 is 1.24. The Bertz CT molecular complexity index is 1180. The van der Waals surface area contributed by atoms with Crippen LogP contribution >= 0.6 is 12.1 Å². The Kier molecular flexibility index (Phi) is 8.15. The number of hydrogen-bond acceptors (Lipinski definition) is 11. The molecule has 0 spiro atoms. The van der Waals surface area contributed by atoms with Gasteiger partial charge in [-0.1, -0.05) is 0 Å². The lowest BCUT2D eigenvalue weighted by Gasteiger charge is -2.20. The second-order valence-electron chi connectivity index (χ2n) is 6.59. The number of benzene rings is 1. The molecule has 0 bridgehead atoms. The van der Waals surface area contributed by atoms with Crippen LogP contribution in [0.5, 0.6) is 0 Å².